The molecular formula is C26H30O14. The van der Waals surface area contributed by atoms with Gasteiger partial charge in [-0.05, 0) is 17.7 Å². The number of carbonyl (C=O) groups excluding carboxylic acids is 1. The molecule has 2 aromatic carbocycles. The molecule has 40 heavy (non-hydrogen) atoms. The molecule has 0 radical (unpaired) electrons. The van der Waals surface area contributed by atoms with Gasteiger partial charge in [0.05, 0.1) is 31.8 Å². The Labute approximate surface area is 226 Å². The molecule has 3 aliphatic rings. The lowest BCUT2D eigenvalue weighted by Gasteiger charge is -2.41. The largest absolute Gasteiger partial charge is 0.508 e. The normalized spacial score (nSPS) is 35.8. The SMILES string of the molecule is O=C1CC(c2ccc(O)cc2)Oc2cc(O)c(C3OC(COC4OCC(O)(CO)C4O)C(O)C(O)C3O)c(O)c21. The lowest BCUT2D eigenvalue weighted by molar-refractivity contribution is -0.253. The summed E-state index contributed by atoms with van der Waals surface area (Å²) in [6.07, 6.45) is -12.5. The molecule has 14 heteroatoms. The summed E-state index contributed by atoms with van der Waals surface area (Å²) in [7, 11) is 0. The molecule has 2 aromatic rings. The van der Waals surface area contributed by atoms with Gasteiger partial charge in [0.2, 0.25) is 0 Å². The summed E-state index contributed by atoms with van der Waals surface area (Å²) in [6.45, 7) is -1.79. The first-order chi connectivity index (χ1) is 18.9. The zero-order valence-corrected chi connectivity index (χ0v) is 20.9. The molecule has 9 unspecified atom stereocenters. The highest BCUT2D eigenvalue weighted by Gasteiger charge is 2.51. The first-order valence-electron chi connectivity index (χ1n) is 12.5. The number of phenolic OH excluding ortho intramolecular Hbond substituents is 3. The molecule has 0 spiro atoms. The van der Waals surface area contributed by atoms with Crippen LogP contribution >= 0.6 is 0 Å². The van der Waals surface area contributed by atoms with Crippen molar-refractivity contribution in [3.63, 3.8) is 0 Å². The average Bonchev–Trinajstić information content (AvgIpc) is 3.21. The minimum Gasteiger partial charge on any atom is -0.508 e. The van der Waals surface area contributed by atoms with E-state index in [1.54, 1.807) is 12.1 Å². The first kappa shape index (κ1) is 28.5. The molecule has 2 saturated heterocycles. The maximum atomic E-state index is 13.1. The van der Waals surface area contributed by atoms with Crippen molar-refractivity contribution in [2.75, 3.05) is 19.8 Å². The number of hydrogen-bond acceptors (Lipinski definition) is 14. The number of phenols is 3. The standard InChI is InChI=1S/C26H30O14/c27-8-26(36)9-38-25(24(26)35)37-7-16-19(31)21(33)22(34)23(40-16)18-13(30)6-15-17(20(18)32)12(29)5-14(39-15)10-1-3-11(28)4-2-10/h1-4,6,14,16,19,21-25,27-28,30-36H,5,7-9H2. The average molecular weight is 567 g/mol. The van der Waals surface area contributed by atoms with Gasteiger partial charge < -0.3 is 64.9 Å². The molecule has 0 aliphatic carbocycles. The molecule has 0 saturated carbocycles. The van der Waals surface area contributed by atoms with E-state index >= 15 is 0 Å². The Balaban J connectivity index is 1.38. The fraction of sp³-hybridized carbons (Fsp3) is 0.500. The van der Waals surface area contributed by atoms with Gasteiger partial charge in [0, 0.05) is 6.07 Å². The Morgan fingerprint density at radius 3 is 2.35 bits per heavy atom. The topological polar surface area (TPSA) is 236 Å². The second-order valence-corrected chi connectivity index (χ2v) is 10.1. The third-order valence-corrected chi connectivity index (χ3v) is 7.47. The zero-order chi connectivity index (χ0) is 28.9. The van der Waals surface area contributed by atoms with Crippen LogP contribution in [0.4, 0.5) is 0 Å². The first-order valence-corrected chi connectivity index (χ1v) is 12.5. The van der Waals surface area contributed by atoms with E-state index < -0.39 is 97.3 Å². The van der Waals surface area contributed by atoms with Gasteiger partial charge in [-0.15, -0.1) is 0 Å². The molecule has 9 atom stereocenters. The molecule has 0 aromatic heterocycles. The molecular weight excluding hydrogens is 536 g/mol. The number of Topliss-reactive ketones (excluding diaryl/α,β-unsaturated/α-hetero) is 1. The van der Waals surface area contributed by atoms with Gasteiger partial charge in [0.25, 0.3) is 0 Å². The summed E-state index contributed by atoms with van der Waals surface area (Å²) >= 11 is 0. The fourth-order valence-electron chi connectivity index (χ4n) is 5.08. The Hall–Kier alpha value is -3.05. The van der Waals surface area contributed by atoms with E-state index in [1.165, 1.54) is 12.1 Å². The van der Waals surface area contributed by atoms with Crippen molar-refractivity contribution in [2.45, 2.75) is 61.0 Å². The van der Waals surface area contributed by atoms with Gasteiger partial charge in [-0.1, -0.05) is 12.1 Å². The van der Waals surface area contributed by atoms with Crippen LogP contribution in [-0.4, -0.2) is 114 Å². The van der Waals surface area contributed by atoms with Gasteiger partial charge >= 0.3 is 0 Å². The number of ether oxygens (including phenoxy) is 4. The lowest BCUT2D eigenvalue weighted by atomic mass is 9.87. The van der Waals surface area contributed by atoms with E-state index in [0.29, 0.717) is 5.56 Å². The predicted molar refractivity (Wildman–Crippen MR) is 130 cm³/mol. The van der Waals surface area contributed by atoms with E-state index in [0.717, 1.165) is 6.07 Å². The van der Waals surface area contributed by atoms with Gasteiger partial charge in [-0.3, -0.25) is 4.79 Å². The molecule has 218 valence electrons. The third kappa shape index (κ3) is 4.87. The minimum atomic E-state index is -1.97. The van der Waals surface area contributed by atoms with Crippen molar-refractivity contribution < 1.29 is 69.7 Å². The molecule has 3 aliphatic heterocycles. The highest BCUT2D eigenvalue weighted by molar-refractivity contribution is 6.03. The number of rotatable bonds is 6. The van der Waals surface area contributed by atoms with Gasteiger partial charge in [0.1, 0.15) is 76.9 Å². The number of aromatic hydroxyl groups is 3. The summed E-state index contributed by atoms with van der Waals surface area (Å²) in [5.41, 5.74) is -2.11. The maximum absolute atomic E-state index is 13.1. The highest BCUT2D eigenvalue weighted by atomic mass is 16.7. The number of fused-ring (bicyclic) bond motifs is 1. The van der Waals surface area contributed by atoms with Crippen LogP contribution in [0.15, 0.2) is 30.3 Å². The van der Waals surface area contributed by atoms with Crippen LogP contribution in [0.25, 0.3) is 0 Å². The van der Waals surface area contributed by atoms with Crippen LogP contribution in [0.5, 0.6) is 23.0 Å². The van der Waals surface area contributed by atoms with E-state index in [1.807, 2.05) is 0 Å². The summed E-state index contributed by atoms with van der Waals surface area (Å²) in [6, 6.07) is 7.03. The van der Waals surface area contributed by atoms with Crippen LogP contribution in [0.1, 0.15) is 40.1 Å². The van der Waals surface area contributed by atoms with Crippen molar-refractivity contribution in [3.05, 3.63) is 47.0 Å². The molecule has 2 fully saturated rings. The van der Waals surface area contributed by atoms with Gasteiger partial charge in [-0.2, -0.15) is 0 Å². The van der Waals surface area contributed by atoms with E-state index in [-0.39, 0.29) is 23.5 Å². The number of ketones is 1. The maximum Gasteiger partial charge on any atom is 0.186 e. The van der Waals surface area contributed by atoms with E-state index in [9.17, 15) is 50.8 Å². The minimum absolute atomic E-state index is 0.0203. The highest BCUT2D eigenvalue weighted by Crippen LogP contribution is 2.49. The van der Waals surface area contributed by atoms with Gasteiger partial charge in [-0.25, -0.2) is 0 Å². The Morgan fingerprint density at radius 1 is 1.00 bits per heavy atom. The second-order valence-electron chi connectivity index (χ2n) is 10.1. The van der Waals surface area contributed by atoms with Crippen LogP contribution in [0.3, 0.4) is 0 Å². The summed E-state index contributed by atoms with van der Waals surface area (Å²) < 4.78 is 22.1. The molecule has 9 N–H and O–H groups in total. The molecule has 14 nitrogen and oxygen atoms in total. The number of aliphatic hydroxyl groups excluding tert-OH is 5. The summed E-state index contributed by atoms with van der Waals surface area (Å²) in [5, 5.41) is 92.6. The van der Waals surface area contributed by atoms with Crippen LogP contribution in [0, 0.1) is 0 Å². The fourth-order valence-corrected chi connectivity index (χ4v) is 5.08. The summed E-state index contributed by atoms with van der Waals surface area (Å²) in [5.74, 6) is -2.05. The van der Waals surface area contributed by atoms with E-state index in [2.05, 4.69) is 0 Å². The predicted octanol–water partition coefficient (Wildman–Crippen LogP) is -1.51. The molecule has 3 heterocycles. The van der Waals surface area contributed by atoms with Crippen LogP contribution < -0.4 is 4.74 Å². The number of hydrogen-bond donors (Lipinski definition) is 9. The second kappa shape index (κ2) is 10.7. The Morgan fingerprint density at radius 2 is 1.70 bits per heavy atom. The molecule has 0 bridgehead atoms. The smallest absolute Gasteiger partial charge is 0.186 e. The quantitative estimate of drug-likeness (QED) is 0.193. The van der Waals surface area contributed by atoms with Crippen LogP contribution in [-0.2, 0) is 14.2 Å². The van der Waals surface area contributed by atoms with Crippen molar-refractivity contribution in [3.8, 4) is 23.0 Å². The number of benzene rings is 2. The monoisotopic (exact) mass is 566 g/mol. The van der Waals surface area contributed by atoms with Crippen molar-refractivity contribution >= 4 is 5.78 Å². The third-order valence-electron chi connectivity index (χ3n) is 7.47. The zero-order valence-electron chi connectivity index (χ0n) is 20.9. The Kier molecular flexibility index (Phi) is 7.64. The van der Waals surface area contributed by atoms with Crippen molar-refractivity contribution in [1.82, 2.24) is 0 Å². The Bertz CT molecular complexity index is 1250. The van der Waals surface area contributed by atoms with Crippen LogP contribution in [0.2, 0.25) is 0 Å². The van der Waals surface area contributed by atoms with Crippen molar-refractivity contribution in [2.24, 2.45) is 0 Å². The number of aliphatic hydroxyl groups is 6. The molecule has 5 rings (SSSR count). The summed E-state index contributed by atoms with van der Waals surface area (Å²) in [4.78, 5) is 13.1. The lowest BCUT2D eigenvalue weighted by Crippen LogP contribution is -2.56. The van der Waals surface area contributed by atoms with Gasteiger partial charge in [0.15, 0.2) is 12.1 Å². The van der Waals surface area contributed by atoms with Crippen molar-refractivity contribution in [1.29, 1.82) is 0 Å². The number of carbonyl (C=O) groups is 1. The van der Waals surface area contributed by atoms with E-state index in [4.69, 9.17) is 18.9 Å². The molecule has 0 amide bonds.